The van der Waals surface area contributed by atoms with Crippen molar-refractivity contribution in [1.29, 1.82) is 0 Å². The maximum Gasteiger partial charge on any atom is 0.204 e. The Morgan fingerprint density at radius 2 is 1.71 bits per heavy atom. The molecule has 2 aromatic carbocycles. The van der Waals surface area contributed by atoms with Crippen LogP contribution in [0.25, 0.3) is 0 Å². The summed E-state index contributed by atoms with van der Waals surface area (Å²) in [5.74, 6) is -0.545. The Kier molecular flexibility index (Phi) is 4.62. The van der Waals surface area contributed by atoms with Crippen LogP contribution in [-0.2, 0) is 9.53 Å². The molecule has 28 heavy (non-hydrogen) atoms. The van der Waals surface area contributed by atoms with E-state index in [0.717, 1.165) is 0 Å². The number of hydrogen-bond acceptors (Lipinski definition) is 3. The Morgan fingerprint density at radius 1 is 1.07 bits per heavy atom. The molecule has 0 bridgehead atoms. The Labute approximate surface area is 168 Å². The van der Waals surface area contributed by atoms with Crippen molar-refractivity contribution in [2.75, 3.05) is 0 Å². The average molecular weight is 399 g/mol. The van der Waals surface area contributed by atoms with Crippen molar-refractivity contribution < 1.29 is 18.7 Å². The summed E-state index contributed by atoms with van der Waals surface area (Å²) in [5.41, 5.74) is 1.50. The number of ether oxygens (including phenoxy) is 1. The van der Waals surface area contributed by atoms with Gasteiger partial charge in [0.25, 0.3) is 0 Å². The van der Waals surface area contributed by atoms with Crippen molar-refractivity contribution in [2.45, 2.75) is 38.7 Å². The molecule has 0 saturated heterocycles. The minimum atomic E-state index is -0.852. The highest BCUT2D eigenvalue weighted by atomic mass is 35.5. The topological polar surface area (TPSA) is 43.4 Å². The summed E-state index contributed by atoms with van der Waals surface area (Å²) in [4.78, 5) is 26.2. The van der Waals surface area contributed by atoms with Crippen molar-refractivity contribution in [3.63, 3.8) is 0 Å². The van der Waals surface area contributed by atoms with Crippen molar-refractivity contribution in [1.82, 2.24) is 0 Å². The second kappa shape index (κ2) is 6.85. The van der Waals surface area contributed by atoms with E-state index >= 15 is 0 Å². The fourth-order valence-corrected chi connectivity index (χ4v) is 4.22. The highest BCUT2D eigenvalue weighted by molar-refractivity contribution is 6.30. The van der Waals surface area contributed by atoms with Gasteiger partial charge in [-0.2, -0.15) is 0 Å². The molecule has 4 rings (SSSR count). The standard InChI is InChI=1S/C23H20ClFO3/c1-23(2)11-17(26)20-18(12-23)28-22(19(20)13-5-9-16(25)10-6-13)21(27)14-3-7-15(24)8-4-14/h3-10,19,22H,11-12H2,1-2H3/t19-,22-/m1/s1. The molecule has 1 aliphatic heterocycles. The third-order valence-electron chi connectivity index (χ3n) is 5.38. The Bertz CT molecular complexity index is 974. The van der Waals surface area contributed by atoms with Gasteiger partial charge in [0.1, 0.15) is 11.6 Å². The lowest BCUT2D eigenvalue weighted by atomic mass is 9.72. The highest BCUT2D eigenvalue weighted by Crippen LogP contribution is 2.49. The average Bonchev–Trinajstić information content (AvgIpc) is 3.00. The van der Waals surface area contributed by atoms with E-state index in [1.165, 1.54) is 12.1 Å². The van der Waals surface area contributed by atoms with Crippen molar-refractivity contribution in [2.24, 2.45) is 5.41 Å². The van der Waals surface area contributed by atoms with Crippen molar-refractivity contribution >= 4 is 23.2 Å². The normalized spacial score (nSPS) is 23.4. The third kappa shape index (κ3) is 3.37. The first kappa shape index (κ1) is 18.9. The summed E-state index contributed by atoms with van der Waals surface area (Å²) in [6.07, 6.45) is 0.139. The number of Topliss-reactive ketones (excluding diaryl/α,β-unsaturated/α-hetero) is 2. The van der Waals surface area contributed by atoms with Crippen LogP contribution in [0.1, 0.15) is 48.5 Å². The van der Waals surface area contributed by atoms with Crippen molar-refractivity contribution in [3.05, 3.63) is 81.8 Å². The van der Waals surface area contributed by atoms with Crippen LogP contribution in [0.15, 0.2) is 59.9 Å². The molecular formula is C23H20ClFO3. The second-order valence-electron chi connectivity index (χ2n) is 8.22. The molecule has 0 saturated carbocycles. The molecule has 1 heterocycles. The lowest BCUT2D eigenvalue weighted by molar-refractivity contribution is -0.118. The molecule has 2 aromatic rings. The van der Waals surface area contributed by atoms with Gasteiger partial charge in [0.15, 0.2) is 11.9 Å². The fourth-order valence-electron chi connectivity index (χ4n) is 4.10. The predicted octanol–water partition coefficient (Wildman–Crippen LogP) is 5.49. The molecule has 3 nitrogen and oxygen atoms in total. The zero-order valence-corrected chi connectivity index (χ0v) is 16.4. The molecule has 0 fully saturated rings. The van der Waals surface area contributed by atoms with Crippen LogP contribution in [0.4, 0.5) is 4.39 Å². The molecule has 2 aliphatic rings. The molecule has 144 valence electrons. The van der Waals surface area contributed by atoms with Gasteiger partial charge in [0.2, 0.25) is 5.78 Å². The predicted molar refractivity (Wildman–Crippen MR) is 105 cm³/mol. The van der Waals surface area contributed by atoms with E-state index in [1.54, 1.807) is 36.4 Å². The number of carbonyl (C=O) groups is 2. The quantitative estimate of drug-likeness (QED) is 0.642. The SMILES string of the molecule is CC1(C)CC(=O)C2=C(C1)O[C@@H](C(=O)c1ccc(Cl)cc1)[C@@H]2c1ccc(F)cc1. The van der Waals surface area contributed by atoms with Gasteiger partial charge >= 0.3 is 0 Å². The molecule has 5 heteroatoms. The van der Waals surface area contributed by atoms with Gasteiger partial charge in [0.05, 0.1) is 5.92 Å². The first-order valence-corrected chi connectivity index (χ1v) is 9.61. The second-order valence-corrected chi connectivity index (χ2v) is 8.65. The molecule has 1 aliphatic carbocycles. The number of carbonyl (C=O) groups excluding carboxylic acids is 2. The number of hydrogen-bond donors (Lipinski definition) is 0. The van der Waals surface area contributed by atoms with Crippen LogP contribution < -0.4 is 0 Å². The first-order chi connectivity index (χ1) is 13.2. The molecule has 0 N–H and O–H groups in total. The molecule has 0 amide bonds. The molecule has 0 radical (unpaired) electrons. The van der Waals surface area contributed by atoms with E-state index in [9.17, 15) is 14.0 Å². The summed E-state index contributed by atoms with van der Waals surface area (Å²) in [7, 11) is 0. The van der Waals surface area contributed by atoms with E-state index in [2.05, 4.69) is 0 Å². The fraction of sp³-hybridized carbons (Fsp3) is 0.304. The highest BCUT2D eigenvalue weighted by Gasteiger charge is 2.48. The Balaban J connectivity index is 1.78. The van der Waals surface area contributed by atoms with Crippen LogP contribution >= 0.6 is 11.6 Å². The van der Waals surface area contributed by atoms with Crippen LogP contribution in [0, 0.1) is 11.2 Å². The molecule has 2 atom stereocenters. The smallest absolute Gasteiger partial charge is 0.204 e. The van der Waals surface area contributed by atoms with Crippen molar-refractivity contribution in [3.8, 4) is 0 Å². The maximum absolute atomic E-state index is 13.5. The minimum absolute atomic E-state index is 0.00742. The maximum atomic E-state index is 13.5. The van der Waals surface area contributed by atoms with Gasteiger partial charge in [-0.1, -0.05) is 37.6 Å². The lowest BCUT2D eigenvalue weighted by Gasteiger charge is -2.29. The molecular weight excluding hydrogens is 379 g/mol. The molecule has 0 spiro atoms. The summed E-state index contributed by atoms with van der Waals surface area (Å²) in [6, 6.07) is 12.5. The monoisotopic (exact) mass is 398 g/mol. The molecule has 0 aromatic heterocycles. The van der Waals surface area contributed by atoms with Gasteiger partial charge < -0.3 is 4.74 Å². The zero-order valence-electron chi connectivity index (χ0n) is 15.7. The summed E-state index contributed by atoms with van der Waals surface area (Å²) in [5, 5.41) is 0.535. The number of ketones is 2. The zero-order chi connectivity index (χ0) is 20.1. The van der Waals surface area contributed by atoms with E-state index in [4.69, 9.17) is 16.3 Å². The number of benzene rings is 2. The van der Waals surface area contributed by atoms with Gasteiger partial charge in [0, 0.05) is 29.0 Å². The summed E-state index contributed by atoms with van der Waals surface area (Å²) >= 11 is 5.93. The van der Waals surface area contributed by atoms with Crippen LogP contribution in [0.5, 0.6) is 0 Å². The van der Waals surface area contributed by atoms with Gasteiger partial charge in [-0.3, -0.25) is 9.59 Å². The number of halogens is 2. The summed E-state index contributed by atoms with van der Waals surface area (Å²) < 4.78 is 19.6. The Hall–Kier alpha value is -2.46. The molecule has 0 unspecified atom stereocenters. The van der Waals surface area contributed by atoms with E-state index in [-0.39, 0.29) is 22.8 Å². The van der Waals surface area contributed by atoms with Crippen LogP contribution in [0.3, 0.4) is 0 Å². The lowest BCUT2D eigenvalue weighted by Crippen LogP contribution is -2.29. The van der Waals surface area contributed by atoms with Crippen LogP contribution in [-0.4, -0.2) is 17.7 Å². The number of rotatable bonds is 3. The van der Waals surface area contributed by atoms with E-state index in [0.29, 0.717) is 40.3 Å². The van der Waals surface area contributed by atoms with E-state index < -0.39 is 12.0 Å². The van der Waals surface area contributed by atoms with E-state index in [1.807, 2.05) is 13.8 Å². The summed E-state index contributed by atoms with van der Waals surface area (Å²) in [6.45, 7) is 4.03. The largest absolute Gasteiger partial charge is 0.485 e. The van der Waals surface area contributed by atoms with Crippen LogP contribution in [0.2, 0.25) is 5.02 Å². The van der Waals surface area contributed by atoms with Gasteiger partial charge in [-0.05, 0) is 47.4 Å². The Morgan fingerprint density at radius 3 is 2.36 bits per heavy atom. The minimum Gasteiger partial charge on any atom is -0.485 e. The van der Waals surface area contributed by atoms with Gasteiger partial charge in [-0.25, -0.2) is 4.39 Å². The third-order valence-corrected chi connectivity index (χ3v) is 5.63. The first-order valence-electron chi connectivity index (χ1n) is 9.23. The number of allylic oxidation sites excluding steroid dienone is 1. The van der Waals surface area contributed by atoms with Gasteiger partial charge in [-0.15, -0.1) is 0 Å².